The van der Waals surface area contributed by atoms with Crippen LogP contribution in [0.5, 0.6) is 0 Å². The van der Waals surface area contributed by atoms with Crippen molar-refractivity contribution in [3.05, 3.63) is 65.9 Å². The van der Waals surface area contributed by atoms with Crippen molar-refractivity contribution in [2.45, 2.75) is 11.1 Å². The van der Waals surface area contributed by atoms with E-state index in [1.807, 2.05) is 29.2 Å². The van der Waals surface area contributed by atoms with E-state index in [1.165, 1.54) is 0 Å². The normalized spacial score (nSPS) is 17.6. The number of morpholine rings is 1. The Kier molecular flexibility index (Phi) is 6.82. The van der Waals surface area contributed by atoms with Crippen molar-refractivity contribution < 1.29 is 9.53 Å². The molecule has 2 N–H and O–H groups in total. The Bertz CT molecular complexity index is 752. The summed E-state index contributed by atoms with van der Waals surface area (Å²) in [4.78, 5) is 19.1. The molecule has 1 unspecified atom stereocenters. The molecule has 6 heteroatoms. The second kappa shape index (κ2) is 9.52. The fourth-order valence-corrected chi connectivity index (χ4v) is 3.56. The number of amides is 1. The van der Waals surface area contributed by atoms with Crippen LogP contribution in [0.2, 0.25) is 0 Å². The van der Waals surface area contributed by atoms with Gasteiger partial charge in [0.25, 0.3) is 5.91 Å². The van der Waals surface area contributed by atoms with Crippen LogP contribution < -0.4 is 5.73 Å². The lowest BCUT2D eigenvalue weighted by atomic mass is 10.2. The van der Waals surface area contributed by atoms with Crippen LogP contribution in [0, 0.1) is 0 Å². The van der Waals surface area contributed by atoms with E-state index in [1.54, 1.807) is 24.0 Å². The molecule has 2 heterocycles. The monoisotopic (exact) mass is 369 g/mol. The predicted molar refractivity (Wildman–Crippen MR) is 105 cm³/mol. The van der Waals surface area contributed by atoms with E-state index in [0.29, 0.717) is 31.8 Å². The van der Waals surface area contributed by atoms with Gasteiger partial charge in [0.05, 0.1) is 18.3 Å². The topological polar surface area (TPSA) is 68.5 Å². The van der Waals surface area contributed by atoms with Gasteiger partial charge in [0.15, 0.2) is 0 Å². The highest BCUT2D eigenvalue weighted by Crippen LogP contribution is 2.22. The number of hydrogen-bond acceptors (Lipinski definition) is 5. The van der Waals surface area contributed by atoms with Crippen LogP contribution in [0.1, 0.15) is 15.9 Å². The van der Waals surface area contributed by atoms with Crippen LogP contribution in [-0.2, 0) is 4.74 Å². The summed E-state index contributed by atoms with van der Waals surface area (Å²) < 4.78 is 5.55. The highest BCUT2D eigenvalue weighted by atomic mass is 32.2. The highest BCUT2D eigenvalue weighted by Gasteiger charge is 2.25. The lowest BCUT2D eigenvalue weighted by molar-refractivity contribution is -0.0169. The van der Waals surface area contributed by atoms with E-state index >= 15 is 0 Å². The second-order valence-electron chi connectivity index (χ2n) is 5.96. The molecule has 1 saturated heterocycles. The average Bonchev–Trinajstić information content (AvgIpc) is 2.72. The van der Waals surface area contributed by atoms with Gasteiger partial charge in [-0.1, -0.05) is 42.5 Å². The molecule has 136 valence electrons. The molecular weight excluding hydrogens is 346 g/mol. The van der Waals surface area contributed by atoms with Gasteiger partial charge in [0.1, 0.15) is 5.03 Å². The molecule has 0 saturated carbocycles. The highest BCUT2D eigenvalue weighted by molar-refractivity contribution is 7.99. The third kappa shape index (κ3) is 4.94. The van der Waals surface area contributed by atoms with Crippen molar-refractivity contribution in [1.82, 2.24) is 9.88 Å². The standard InChI is InChI=1S/C20H23N3O2S/c21-14-17-15-23(11-12-25-17)20(24)18-9-4-10-22-19(18)26-13-5-8-16-6-2-1-3-7-16/h1-10,17H,11-15,21H2. The molecular formula is C20H23N3O2S. The van der Waals surface area contributed by atoms with Crippen LogP contribution in [0.25, 0.3) is 6.08 Å². The van der Waals surface area contributed by atoms with Crippen molar-refractivity contribution in [2.24, 2.45) is 5.73 Å². The number of carbonyl (C=O) groups excluding carboxylic acids is 1. The molecule has 0 aliphatic carbocycles. The fourth-order valence-electron chi connectivity index (χ4n) is 2.76. The fraction of sp³-hybridized carbons (Fsp3) is 0.300. The number of hydrogen-bond donors (Lipinski definition) is 1. The minimum absolute atomic E-state index is 0.00520. The van der Waals surface area contributed by atoms with E-state index in [4.69, 9.17) is 10.5 Å². The summed E-state index contributed by atoms with van der Waals surface area (Å²) in [5.41, 5.74) is 7.48. The van der Waals surface area contributed by atoms with Gasteiger partial charge < -0.3 is 15.4 Å². The smallest absolute Gasteiger partial charge is 0.256 e. The minimum atomic E-state index is -0.0886. The number of ether oxygens (including phenoxy) is 1. The zero-order valence-corrected chi connectivity index (χ0v) is 15.4. The molecule has 0 bridgehead atoms. The van der Waals surface area contributed by atoms with Gasteiger partial charge >= 0.3 is 0 Å². The van der Waals surface area contributed by atoms with Crippen LogP contribution in [0.4, 0.5) is 0 Å². The van der Waals surface area contributed by atoms with Crippen LogP contribution >= 0.6 is 11.8 Å². The van der Waals surface area contributed by atoms with Gasteiger partial charge in [-0.15, -0.1) is 11.8 Å². The Morgan fingerprint density at radius 3 is 2.96 bits per heavy atom. The number of benzene rings is 1. The first-order valence-corrected chi connectivity index (χ1v) is 9.67. The van der Waals surface area contributed by atoms with E-state index in [2.05, 4.69) is 29.3 Å². The molecule has 0 spiro atoms. The molecule has 1 atom stereocenters. The molecule has 1 amide bonds. The predicted octanol–water partition coefficient (Wildman–Crippen LogP) is 2.69. The van der Waals surface area contributed by atoms with Gasteiger partial charge in [-0.2, -0.15) is 0 Å². The summed E-state index contributed by atoms with van der Waals surface area (Å²) in [6, 6.07) is 13.8. The van der Waals surface area contributed by atoms with Crippen LogP contribution in [-0.4, -0.2) is 53.9 Å². The number of thioether (sulfide) groups is 1. The minimum Gasteiger partial charge on any atom is -0.373 e. The maximum atomic E-state index is 12.9. The first-order chi connectivity index (χ1) is 12.8. The van der Waals surface area contributed by atoms with E-state index in [0.717, 1.165) is 16.3 Å². The quantitative estimate of drug-likeness (QED) is 0.793. The van der Waals surface area contributed by atoms with Gasteiger partial charge in [0, 0.05) is 31.6 Å². The Morgan fingerprint density at radius 2 is 2.15 bits per heavy atom. The Hall–Kier alpha value is -2.15. The average molecular weight is 369 g/mol. The van der Waals surface area contributed by atoms with Crippen LogP contribution in [0.3, 0.4) is 0 Å². The summed E-state index contributed by atoms with van der Waals surface area (Å²) >= 11 is 1.56. The van der Waals surface area contributed by atoms with Crippen molar-refractivity contribution in [3.8, 4) is 0 Å². The number of aromatic nitrogens is 1. The maximum absolute atomic E-state index is 12.9. The summed E-state index contributed by atoms with van der Waals surface area (Å²) in [7, 11) is 0. The lowest BCUT2D eigenvalue weighted by Crippen LogP contribution is -2.48. The first kappa shape index (κ1) is 18.6. The SMILES string of the molecule is NCC1CN(C(=O)c2cccnc2SCC=Cc2ccccc2)CCO1. The summed E-state index contributed by atoms with van der Waals surface area (Å²) in [5, 5.41) is 0.756. The van der Waals surface area contributed by atoms with Gasteiger partial charge in [-0.25, -0.2) is 4.98 Å². The summed E-state index contributed by atoms with van der Waals surface area (Å²) in [5.74, 6) is 0.746. The summed E-state index contributed by atoms with van der Waals surface area (Å²) in [6.07, 6.45) is 5.80. The van der Waals surface area contributed by atoms with Crippen molar-refractivity contribution in [3.63, 3.8) is 0 Å². The van der Waals surface area contributed by atoms with Gasteiger partial charge in [-0.3, -0.25) is 4.79 Å². The molecule has 1 fully saturated rings. The Balaban J connectivity index is 1.64. The number of pyridine rings is 1. The van der Waals surface area contributed by atoms with Crippen molar-refractivity contribution >= 4 is 23.7 Å². The largest absolute Gasteiger partial charge is 0.373 e. The number of nitrogens with zero attached hydrogens (tertiary/aromatic N) is 2. The van der Waals surface area contributed by atoms with Gasteiger partial charge in [0.2, 0.25) is 0 Å². The third-order valence-electron chi connectivity index (χ3n) is 4.12. The Morgan fingerprint density at radius 1 is 1.31 bits per heavy atom. The molecule has 1 aliphatic heterocycles. The summed E-state index contributed by atoms with van der Waals surface area (Å²) in [6.45, 7) is 2.06. The number of nitrogens with two attached hydrogens (primary N) is 1. The maximum Gasteiger partial charge on any atom is 0.256 e. The van der Waals surface area contributed by atoms with E-state index in [9.17, 15) is 4.79 Å². The molecule has 1 aromatic carbocycles. The number of carbonyl (C=O) groups is 1. The third-order valence-corrected chi connectivity index (χ3v) is 5.07. The van der Waals surface area contributed by atoms with Crippen molar-refractivity contribution in [2.75, 3.05) is 32.0 Å². The Labute approximate surface area is 158 Å². The molecule has 1 aliphatic rings. The lowest BCUT2D eigenvalue weighted by Gasteiger charge is -2.32. The molecule has 2 aromatic rings. The molecule has 5 nitrogen and oxygen atoms in total. The molecule has 0 radical (unpaired) electrons. The van der Waals surface area contributed by atoms with Crippen LogP contribution in [0.15, 0.2) is 59.8 Å². The number of rotatable bonds is 6. The first-order valence-electron chi connectivity index (χ1n) is 8.68. The molecule has 3 rings (SSSR count). The van der Waals surface area contributed by atoms with Gasteiger partial charge in [-0.05, 0) is 17.7 Å². The zero-order chi connectivity index (χ0) is 18.2. The van der Waals surface area contributed by atoms with E-state index in [-0.39, 0.29) is 12.0 Å². The second-order valence-corrected chi connectivity index (χ2v) is 6.97. The molecule has 1 aromatic heterocycles. The molecule has 26 heavy (non-hydrogen) atoms. The van der Waals surface area contributed by atoms with E-state index < -0.39 is 0 Å². The zero-order valence-electron chi connectivity index (χ0n) is 14.6. The van der Waals surface area contributed by atoms with Crippen molar-refractivity contribution in [1.29, 1.82) is 0 Å².